The maximum absolute atomic E-state index is 13.6. The van der Waals surface area contributed by atoms with E-state index < -0.39 is 69.3 Å². The zero-order valence-corrected chi connectivity index (χ0v) is 15.2. The molecule has 0 aliphatic heterocycles. The minimum atomic E-state index is -2.35. The summed E-state index contributed by atoms with van der Waals surface area (Å²) in [7, 11) is 0. The standard InChI is InChI=1S/C20H2F10S/c21-11-9(12(22)16(26)19(29)15(11)25)5-3-7-1-2-8(31-7)4-6-10-13(23)17(27)20(30)18(28)14(10)24/h1-2H. The van der Waals surface area contributed by atoms with E-state index in [9.17, 15) is 43.9 Å². The molecule has 0 aliphatic rings. The van der Waals surface area contributed by atoms with Gasteiger partial charge in [-0.25, -0.2) is 43.9 Å². The molecule has 3 aromatic rings. The van der Waals surface area contributed by atoms with Gasteiger partial charge >= 0.3 is 0 Å². The molecule has 0 unspecified atom stereocenters. The molecule has 0 saturated heterocycles. The van der Waals surface area contributed by atoms with Crippen molar-refractivity contribution >= 4 is 11.3 Å². The summed E-state index contributed by atoms with van der Waals surface area (Å²) in [6.45, 7) is 0. The fraction of sp³-hybridized carbons (Fsp3) is 0. The predicted octanol–water partition coefficient (Wildman–Crippen LogP) is 5.94. The molecule has 158 valence electrons. The SMILES string of the molecule is Fc1c(F)c(F)c(C#Cc2ccc(C#Cc3c(F)c(F)c(F)c(F)c3F)s2)c(F)c1F. The van der Waals surface area contributed by atoms with Gasteiger partial charge in [-0.2, -0.15) is 0 Å². The van der Waals surface area contributed by atoms with E-state index in [1.54, 1.807) is 11.8 Å². The van der Waals surface area contributed by atoms with Crippen molar-refractivity contribution in [1.29, 1.82) is 0 Å². The highest BCUT2D eigenvalue weighted by atomic mass is 32.1. The molecule has 3 rings (SSSR count). The first-order valence-corrected chi connectivity index (χ1v) is 8.53. The third-order valence-corrected chi connectivity index (χ3v) is 4.56. The second kappa shape index (κ2) is 8.36. The molecule has 0 radical (unpaired) electrons. The molecule has 0 spiro atoms. The summed E-state index contributed by atoms with van der Waals surface area (Å²) >= 11 is 0.658. The monoisotopic (exact) mass is 464 g/mol. The van der Waals surface area contributed by atoms with Crippen molar-refractivity contribution < 1.29 is 43.9 Å². The smallest absolute Gasteiger partial charge is 0.200 e. The zero-order valence-electron chi connectivity index (χ0n) is 14.3. The molecule has 0 nitrogen and oxygen atoms in total. The molecule has 0 aliphatic carbocycles. The van der Waals surface area contributed by atoms with Crippen LogP contribution in [0.3, 0.4) is 0 Å². The summed E-state index contributed by atoms with van der Waals surface area (Å²) < 4.78 is 133. The number of thiophene rings is 1. The van der Waals surface area contributed by atoms with Crippen LogP contribution in [-0.2, 0) is 0 Å². The molecule has 0 fully saturated rings. The third-order valence-electron chi connectivity index (χ3n) is 3.65. The van der Waals surface area contributed by atoms with Gasteiger partial charge in [0.25, 0.3) is 0 Å². The fourth-order valence-electron chi connectivity index (χ4n) is 2.15. The first kappa shape index (κ1) is 22.2. The minimum Gasteiger partial charge on any atom is -0.202 e. The second-order valence-corrected chi connectivity index (χ2v) is 6.64. The quantitative estimate of drug-likeness (QED) is 0.167. The van der Waals surface area contributed by atoms with Gasteiger partial charge in [0.2, 0.25) is 11.6 Å². The molecule has 1 heterocycles. The Hall–Kier alpha value is -3.44. The van der Waals surface area contributed by atoms with Crippen molar-refractivity contribution in [1.82, 2.24) is 0 Å². The van der Waals surface area contributed by atoms with Crippen LogP contribution in [0.1, 0.15) is 20.9 Å². The summed E-state index contributed by atoms with van der Waals surface area (Å²) in [5, 5.41) is 0. The van der Waals surface area contributed by atoms with E-state index in [-0.39, 0.29) is 9.75 Å². The van der Waals surface area contributed by atoms with Gasteiger partial charge in [0.05, 0.1) is 9.75 Å². The van der Waals surface area contributed by atoms with Crippen LogP contribution in [-0.4, -0.2) is 0 Å². The van der Waals surface area contributed by atoms with Gasteiger partial charge in [0.15, 0.2) is 46.5 Å². The molecule has 0 saturated carbocycles. The van der Waals surface area contributed by atoms with Crippen molar-refractivity contribution in [3.05, 3.63) is 91.2 Å². The number of hydrogen-bond donors (Lipinski definition) is 0. The van der Waals surface area contributed by atoms with Gasteiger partial charge < -0.3 is 0 Å². The summed E-state index contributed by atoms with van der Waals surface area (Å²) in [5.41, 5.74) is -2.75. The molecular weight excluding hydrogens is 462 g/mol. The lowest BCUT2D eigenvalue weighted by molar-refractivity contribution is 0.376. The average molecular weight is 464 g/mol. The Bertz CT molecular complexity index is 1190. The fourth-order valence-corrected chi connectivity index (χ4v) is 2.86. The van der Waals surface area contributed by atoms with Crippen LogP contribution in [0.25, 0.3) is 0 Å². The van der Waals surface area contributed by atoms with Crippen molar-refractivity contribution in [3.8, 4) is 23.7 Å². The largest absolute Gasteiger partial charge is 0.202 e. The van der Waals surface area contributed by atoms with Crippen LogP contribution in [0.2, 0.25) is 0 Å². The summed E-state index contributed by atoms with van der Waals surface area (Å²) in [6.07, 6.45) is 0. The molecule has 0 amide bonds. The summed E-state index contributed by atoms with van der Waals surface area (Å²) in [5.74, 6) is -14.1. The van der Waals surface area contributed by atoms with Gasteiger partial charge in [0.1, 0.15) is 11.1 Å². The van der Waals surface area contributed by atoms with Crippen molar-refractivity contribution in [2.24, 2.45) is 0 Å². The van der Waals surface area contributed by atoms with E-state index in [0.717, 1.165) is 0 Å². The van der Waals surface area contributed by atoms with Crippen LogP contribution in [0.5, 0.6) is 0 Å². The van der Waals surface area contributed by atoms with Gasteiger partial charge in [-0.15, -0.1) is 11.3 Å². The molecule has 0 atom stereocenters. The zero-order chi connectivity index (χ0) is 23.0. The van der Waals surface area contributed by atoms with E-state index in [1.165, 1.54) is 12.1 Å². The highest BCUT2D eigenvalue weighted by Crippen LogP contribution is 2.24. The maximum atomic E-state index is 13.6. The molecule has 0 bridgehead atoms. The van der Waals surface area contributed by atoms with Gasteiger partial charge in [-0.3, -0.25) is 0 Å². The Balaban J connectivity index is 1.96. The van der Waals surface area contributed by atoms with Crippen LogP contribution >= 0.6 is 11.3 Å². The van der Waals surface area contributed by atoms with Crippen LogP contribution in [0.15, 0.2) is 12.1 Å². The number of halogens is 10. The van der Waals surface area contributed by atoms with E-state index in [0.29, 0.717) is 11.3 Å². The van der Waals surface area contributed by atoms with Gasteiger partial charge in [-0.05, 0) is 12.1 Å². The number of hydrogen-bond acceptors (Lipinski definition) is 1. The van der Waals surface area contributed by atoms with E-state index >= 15 is 0 Å². The molecule has 0 N–H and O–H groups in total. The number of benzene rings is 2. The molecule has 31 heavy (non-hydrogen) atoms. The Morgan fingerprint density at radius 3 is 0.935 bits per heavy atom. The van der Waals surface area contributed by atoms with Gasteiger partial charge in [-0.1, -0.05) is 23.7 Å². The highest BCUT2D eigenvalue weighted by molar-refractivity contribution is 7.13. The van der Waals surface area contributed by atoms with Gasteiger partial charge in [0, 0.05) is 0 Å². The minimum absolute atomic E-state index is 0.00866. The average Bonchev–Trinajstić information content (AvgIpc) is 3.21. The predicted molar refractivity (Wildman–Crippen MR) is 88.7 cm³/mol. The lowest BCUT2D eigenvalue weighted by atomic mass is 10.1. The number of rotatable bonds is 0. The Labute approximate surface area is 170 Å². The molecular formula is C20H2F10S. The third kappa shape index (κ3) is 3.97. The Morgan fingerprint density at radius 1 is 0.387 bits per heavy atom. The lowest BCUT2D eigenvalue weighted by Gasteiger charge is -2.02. The molecule has 1 aromatic heterocycles. The highest BCUT2D eigenvalue weighted by Gasteiger charge is 2.25. The van der Waals surface area contributed by atoms with Crippen LogP contribution in [0.4, 0.5) is 43.9 Å². The van der Waals surface area contributed by atoms with Crippen molar-refractivity contribution in [2.75, 3.05) is 0 Å². The van der Waals surface area contributed by atoms with Crippen LogP contribution in [0, 0.1) is 81.9 Å². The van der Waals surface area contributed by atoms with E-state index in [4.69, 9.17) is 0 Å². The van der Waals surface area contributed by atoms with E-state index in [1.807, 2.05) is 0 Å². The van der Waals surface area contributed by atoms with Crippen molar-refractivity contribution in [2.45, 2.75) is 0 Å². The Morgan fingerprint density at radius 2 is 0.645 bits per heavy atom. The second-order valence-electron chi connectivity index (χ2n) is 5.55. The summed E-state index contributed by atoms with van der Waals surface area (Å²) in [4.78, 5) is -0.0173. The normalized spacial score (nSPS) is 10.4. The molecule has 11 heteroatoms. The lowest BCUT2D eigenvalue weighted by Crippen LogP contribution is -2.04. The Kier molecular flexibility index (Phi) is 6.00. The maximum Gasteiger partial charge on any atom is 0.200 e. The topological polar surface area (TPSA) is 0 Å². The van der Waals surface area contributed by atoms with Crippen LogP contribution < -0.4 is 0 Å². The summed E-state index contributed by atoms with van der Waals surface area (Å²) in [6, 6.07) is 2.37. The first-order chi connectivity index (χ1) is 14.5. The van der Waals surface area contributed by atoms with Crippen molar-refractivity contribution in [3.63, 3.8) is 0 Å². The van der Waals surface area contributed by atoms with E-state index in [2.05, 4.69) is 11.8 Å². The first-order valence-electron chi connectivity index (χ1n) is 7.71. The molecule has 2 aromatic carbocycles.